The van der Waals surface area contributed by atoms with E-state index in [4.69, 9.17) is 5.73 Å². The lowest BCUT2D eigenvalue weighted by molar-refractivity contribution is -0.122. The van der Waals surface area contributed by atoms with Crippen molar-refractivity contribution in [3.05, 3.63) is 5.82 Å². The van der Waals surface area contributed by atoms with E-state index in [0.717, 1.165) is 16.6 Å². The van der Waals surface area contributed by atoms with Gasteiger partial charge in [-0.15, -0.1) is 0 Å². The first-order valence-electron chi connectivity index (χ1n) is 4.96. The first-order valence-corrected chi connectivity index (χ1v) is 6.72. The van der Waals surface area contributed by atoms with E-state index >= 15 is 0 Å². The number of nitrogens with two attached hydrogens (primary N) is 1. The van der Waals surface area contributed by atoms with Crippen LogP contribution in [0.25, 0.3) is 0 Å². The number of primary amides is 1. The molecule has 7 heteroatoms. The summed E-state index contributed by atoms with van der Waals surface area (Å²) in [6.07, 6.45) is 0.830. The molecule has 0 fully saturated rings. The summed E-state index contributed by atoms with van der Waals surface area (Å²) in [6, 6.07) is 0. The Kier molecular flexibility index (Phi) is 4.69. The molecule has 3 N–H and O–H groups in total. The normalized spacial score (nSPS) is 14.7. The molecule has 1 atom stereocenters. The highest BCUT2D eigenvalue weighted by atomic mass is 32.2. The highest BCUT2D eigenvalue weighted by Crippen LogP contribution is 2.24. The van der Waals surface area contributed by atoms with Crippen LogP contribution in [0.2, 0.25) is 0 Å². The molecular formula is C9H16N4OS2. The Balaban J connectivity index is 2.59. The second-order valence-electron chi connectivity index (χ2n) is 3.57. The van der Waals surface area contributed by atoms with Gasteiger partial charge in [0, 0.05) is 12.2 Å². The molecule has 1 rings (SSSR count). The van der Waals surface area contributed by atoms with Gasteiger partial charge in [0.1, 0.15) is 11.4 Å². The highest BCUT2D eigenvalue weighted by molar-refractivity contribution is 8.01. The molecule has 90 valence electrons. The number of hydrogen-bond acceptors (Lipinski definition) is 6. The molecule has 0 radical (unpaired) electrons. The summed E-state index contributed by atoms with van der Waals surface area (Å²) >= 11 is 2.86. The van der Waals surface area contributed by atoms with Gasteiger partial charge in [0.25, 0.3) is 0 Å². The Bertz CT molecular complexity index is 368. The Morgan fingerprint density at radius 3 is 2.81 bits per heavy atom. The molecule has 0 aliphatic carbocycles. The lowest BCUT2D eigenvalue weighted by atomic mass is 10.1. The Morgan fingerprint density at radius 1 is 1.69 bits per heavy atom. The predicted octanol–water partition coefficient (Wildman–Crippen LogP) is 0.656. The fourth-order valence-electron chi connectivity index (χ4n) is 0.913. The summed E-state index contributed by atoms with van der Waals surface area (Å²) in [4.78, 5) is 15.6. The number of aryl methyl sites for hydroxylation is 1. The van der Waals surface area contributed by atoms with E-state index < -0.39 is 5.54 Å². The molecule has 0 saturated carbocycles. The van der Waals surface area contributed by atoms with Gasteiger partial charge in [0.15, 0.2) is 4.34 Å². The fraction of sp³-hybridized carbons (Fsp3) is 0.667. The van der Waals surface area contributed by atoms with Crippen LogP contribution in [0.3, 0.4) is 0 Å². The smallest absolute Gasteiger partial charge is 0.238 e. The van der Waals surface area contributed by atoms with Gasteiger partial charge >= 0.3 is 0 Å². The van der Waals surface area contributed by atoms with Gasteiger partial charge < -0.3 is 11.1 Å². The molecule has 1 aromatic rings. The molecule has 1 unspecified atom stereocenters. The lowest BCUT2D eigenvalue weighted by Crippen LogP contribution is -2.53. The van der Waals surface area contributed by atoms with Gasteiger partial charge in [0.05, 0.1) is 0 Å². The zero-order valence-electron chi connectivity index (χ0n) is 9.61. The highest BCUT2D eigenvalue weighted by Gasteiger charge is 2.29. The molecule has 0 aromatic carbocycles. The van der Waals surface area contributed by atoms with E-state index in [1.807, 2.05) is 6.92 Å². The van der Waals surface area contributed by atoms with Crippen molar-refractivity contribution < 1.29 is 4.79 Å². The Morgan fingerprint density at radius 2 is 2.38 bits per heavy atom. The number of carbonyl (C=O) groups excluding carboxylic acids is 1. The molecule has 1 amide bonds. The summed E-state index contributed by atoms with van der Waals surface area (Å²) in [5, 5.41) is 2.93. The maximum Gasteiger partial charge on any atom is 0.238 e. The van der Waals surface area contributed by atoms with E-state index in [9.17, 15) is 4.79 Å². The van der Waals surface area contributed by atoms with Crippen molar-refractivity contribution in [2.75, 3.05) is 12.8 Å². The average molecular weight is 260 g/mol. The minimum Gasteiger partial charge on any atom is -0.368 e. The summed E-state index contributed by atoms with van der Waals surface area (Å²) in [7, 11) is 1.73. The quantitative estimate of drug-likeness (QED) is 0.734. The molecule has 1 aromatic heterocycles. The number of hydrogen-bond donors (Lipinski definition) is 2. The van der Waals surface area contributed by atoms with Crippen LogP contribution in [-0.2, 0) is 11.2 Å². The van der Waals surface area contributed by atoms with Crippen molar-refractivity contribution in [1.29, 1.82) is 0 Å². The number of nitrogens with zero attached hydrogens (tertiary/aromatic N) is 2. The van der Waals surface area contributed by atoms with Crippen molar-refractivity contribution in [2.24, 2.45) is 5.73 Å². The minimum atomic E-state index is -0.706. The largest absolute Gasteiger partial charge is 0.368 e. The van der Waals surface area contributed by atoms with Crippen molar-refractivity contribution in [1.82, 2.24) is 14.7 Å². The van der Waals surface area contributed by atoms with Gasteiger partial charge in [-0.25, -0.2) is 4.98 Å². The van der Waals surface area contributed by atoms with E-state index in [-0.39, 0.29) is 5.91 Å². The van der Waals surface area contributed by atoms with Crippen LogP contribution in [0.15, 0.2) is 4.34 Å². The summed E-state index contributed by atoms with van der Waals surface area (Å²) in [5.74, 6) is 1.04. The zero-order valence-corrected chi connectivity index (χ0v) is 11.2. The Hall–Kier alpha value is -0.660. The monoisotopic (exact) mass is 260 g/mol. The van der Waals surface area contributed by atoms with Crippen LogP contribution in [-0.4, -0.2) is 33.6 Å². The first-order chi connectivity index (χ1) is 7.51. The predicted molar refractivity (Wildman–Crippen MR) is 66.7 cm³/mol. The van der Waals surface area contributed by atoms with E-state index in [1.54, 1.807) is 14.0 Å². The van der Waals surface area contributed by atoms with Gasteiger partial charge in [0.2, 0.25) is 5.91 Å². The van der Waals surface area contributed by atoms with E-state index in [2.05, 4.69) is 14.7 Å². The van der Waals surface area contributed by atoms with Gasteiger partial charge in [-0.1, -0.05) is 18.7 Å². The maximum atomic E-state index is 11.2. The number of thioether (sulfide) groups is 1. The molecule has 0 spiro atoms. The van der Waals surface area contributed by atoms with Crippen LogP contribution in [0.1, 0.15) is 19.7 Å². The molecule has 1 heterocycles. The number of amides is 1. The first kappa shape index (κ1) is 13.4. The van der Waals surface area contributed by atoms with Gasteiger partial charge in [-0.05, 0) is 25.5 Å². The van der Waals surface area contributed by atoms with Crippen LogP contribution < -0.4 is 11.1 Å². The van der Waals surface area contributed by atoms with E-state index in [0.29, 0.717) is 5.75 Å². The third-order valence-electron chi connectivity index (χ3n) is 2.35. The number of nitrogens with one attached hydrogen (secondary N) is 1. The SMILES string of the molecule is CCc1nsc(SCC(C)(NC)C(N)=O)n1. The minimum absolute atomic E-state index is 0.359. The number of carbonyl (C=O) groups is 1. The molecule has 0 saturated heterocycles. The fourth-order valence-corrected chi connectivity index (χ4v) is 2.78. The van der Waals surface area contributed by atoms with Crippen LogP contribution in [0.4, 0.5) is 0 Å². The number of rotatable bonds is 6. The second kappa shape index (κ2) is 5.60. The van der Waals surface area contributed by atoms with Crippen molar-refractivity contribution in [3.63, 3.8) is 0 Å². The van der Waals surface area contributed by atoms with Crippen LogP contribution in [0.5, 0.6) is 0 Å². The number of aromatic nitrogens is 2. The standard InChI is InChI=1S/C9H16N4OS2/c1-4-6-12-8(16-13-6)15-5-9(2,11-3)7(10)14/h11H,4-5H2,1-3H3,(H2,10,14). The number of likely N-dealkylation sites (N-methyl/N-ethyl adjacent to an activating group) is 1. The topological polar surface area (TPSA) is 80.9 Å². The van der Waals surface area contributed by atoms with Crippen molar-refractivity contribution in [3.8, 4) is 0 Å². The molecule has 0 aliphatic heterocycles. The summed E-state index contributed by atoms with van der Waals surface area (Å²) in [5.41, 5.74) is 4.62. The van der Waals surface area contributed by atoms with Crippen LogP contribution >= 0.6 is 23.3 Å². The third-order valence-corrected chi connectivity index (χ3v) is 4.53. The molecule has 16 heavy (non-hydrogen) atoms. The lowest BCUT2D eigenvalue weighted by Gasteiger charge is -2.24. The molecule has 0 bridgehead atoms. The molecular weight excluding hydrogens is 244 g/mol. The molecule has 5 nitrogen and oxygen atoms in total. The second-order valence-corrected chi connectivity index (χ2v) is 5.54. The summed E-state index contributed by atoms with van der Waals surface area (Å²) < 4.78 is 5.05. The third kappa shape index (κ3) is 3.16. The van der Waals surface area contributed by atoms with E-state index in [1.165, 1.54) is 23.3 Å². The van der Waals surface area contributed by atoms with Crippen molar-refractivity contribution in [2.45, 2.75) is 30.1 Å². The maximum absolute atomic E-state index is 11.2. The summed E-state index contributed by atoms with van der Waals surface area (Å²) in [6.45, 7) is 3.79. The van der Waals surface area contributed by atoms with Crippen molar-refractivity contribution >= 4 is 29.2 Å². The molecule has 0 aliphatic rings. The average Bonchev–Trinajstić information content (AvgIpc) is 2.73. The van der Waals surface area contributed by atoms with Gasteiger partial charge in [-0.3, -0.25) is 4.79 Å². The zero-order chi connectivity index (χ0) is 12.2. The Labute approximate surface area is 103 Å². The van der Waals surface area contributed by atoms with Gasteiger partial charge in [-0.2, -0.15) is 4.37 Å². The van der Waals surface area contributed by atoms with Crippen LogP contribution in [0, 0.1) is 0 Å².